The van der Waals surface area contributed by atoms with Crippen LogP contribution in [0.1, 0.15) is 37.0 Å². The van der Waals surface area contributed by atoms with Crippen molar-refractivity contribution < 1.29 is 0 Å². The molecule has 0 saturated heterocycles. The number of benzene rings is 6. The molecule has 3 heteroatoms. The average molecular weight is 680 g/mol. The van der Waals surface area contributed by atoms with Crippen molar-refractivity contribution in [2.24, 2.45) is 5.92 Å². The minimum absolute atomic E-state index is 0.0890. The number of aromatic nitrogens is 3. The van der Waals surface area contributed by atoms with E-state index in [1.807, 2.05) is 24.3 Å². The normalized spacial score (nSPS) is 16.8. The second-order valence-corrected chi connectivity index (χ2v) is 14.7. The first-order valence-electron chi connectivity index (χ1n) is 18.5. The Balaban J connectivity index is 1.17. The minimum Gasteiger partial charge on any atom is -0.208 e. The average Bonchev–Trinajstić information content (AvgIpc) is 3.45. The zero-order valence-corrected chi connectivity index (χ0v) is 29.8. The summed E-state index contributed by atoms with van der Waals surface area (Å²) in [4.78, 5) is 15.4. The van der Waals surface area contributed by atoms with E-state index in [1.54, 1.807) is 0 Å². The van der Waals surface area contributed by atoms with Gasteiger partial charge in [-0.3, -0.25) is 0 Å². The van der Waals surface area contributed by atoms with Crippen LogP contribution in [-0.2, 0) is 5.41 Å². The van der Waals surface area contributed by atoms with Crippen molar-refractivity contribution in [3.05, 3.63) is 198 Å². The molecule has 0 amide bonds. The number of allylic oxidation sites excluding steroid dienone is 8. The van der Waals surface area contributed by atoms with Crippen LogP contribution in [0.2, 0.25) is 0 Å². The molecule has 252 valence electrons. The first-order chi connectivity index (χ1) is 26.0. The fourth-order valence-electron chi connectivity index (χ4n) is 8.65. The number of hydrogen-bond acceptors (Lipinski definition) is 3. The quantitative estimate of drug-likeness (QED) is 0.182. The summed E-state index contributed by atoms with van der Waals surface area (Å²) in [5.74, 6) is 2.26. The highest BCUT2D eigenvalue weighted by Crippen LogP contribution is 2.58. The highest BCUT2D eigenvalue weighted by molar-refractivity contribution is 6.12. The van der Waals surface area contributed by atoms with Crippen molar-refractivity contribution in [3.63, 3.8) is 0 Å². The molecule has 3 nitrogen and oxygen atoms in total. The monoisotopic (exact) mass is 679 g/mol. The van der Waals surface area contributed by atoms with Crippen molar-refractivity contribution in [2.45, 2.75) is 25.7 Å². The number of fused-ring (bicyclic) bond motifs is 5. The van der Waals surface area contributed by atoms with E-state index < -0.39 is 0 Å². The molecule has 0 radical (unpaired) electrons. The molecule has 1 aromatic heterocycles. The Morgan fingerprint density at radius 3 is 1.79 bits per heavy atom. The van der Waals surface area contributed by atoms with Crippen LogP contribution in [0.25, 0.3) is 67.2 Å². The minimum atomic E-state index is -0.0890. The van der Waals surface area contributed by atoms with E-state index in [2.05, 4.69) is 159 Å². The lowest BCUT2D eigenvalue weighted by molar-refractivity contribution is 0.654. The molecule has 7 aromatic rings. The highest BCUT2D eigenvalue weighted by Gasteiger charge is 2.43. The molecule has 0 saturated carbocycles. The molecule has 0 fully saturated rings. The fraction of sp³-hybridized carbons (Fsp3) is 0.100. The Kier molecular flexibility index (Phi) is 7.29. The molecular formula is C50H37N3. The van der Waals surface area contributed by atoms with Crippen LogP contribution >= 0.6 is 0 Å². The fourth-order valence-corrected chi connectivity index (χ4v) is 8.65. The van der Waals surface area contributed by atoms with Gasteiger partial charge in [0.15, 0.2) is 17.5 Å². The Bertz CT molecular complexity index is 2690. The third-order valence-electron chi connectivity index (χ3n) is 11.3. The Morgan fingerprint density at radius 2 is 1.06 bits per heavy atom. The lowest BCUT2D eigenvalue weighted by Gasteiger charge is -2.33. The Morgan fingerprint density at radius 1 is 0.509 bits per heavy atom. The lowest BCUT2D eigenvalue weighted by atomic mass is 9.70. The maximum absolute atomic E-state index is 5.20. The van der Waals surface area contributed by atoms with Crippen LogP contribution < -0.4 is 0 Å². The molecule has 3 aliphatic rings. The summed E-state index contributed by atoms with van der Waals surface area (Å²) in [6, 6.07) is 51.5. The third kappa shape index (κ3) is 5.15. The van der Waals surface area contributed by atoms with E-state index in [1.165, 1.54) is 49.9 Å². The maximum Gasteiger partial charge on any atom is 0.164 e. The van der Waals surface area contributed by atoms with Crippen LogP contribution in [-0.4, -0.2) is 15.0 Å². The van der Waals surface area contributed by atoms with Gasteiger partial charge in [-0.05, 0) is 73.4 Å². The molecule has 1 heterocycles. The molecular weight excluding hydrogens is 643 g/mol. The number of rotatable bonds is 5. The summed E-state index contributed by atoms with van der Waals surface area (Å²) in [5.41, 5.74) is 14.8. The van der Waals surface area contributed by atoms with Crippen LogP contribution in [0.5, 0.6) is 0 Å². The zero-order valence-electron chi connectivity index (χ0n) is 29.8. The van der Waals surface area contributed by atoms with E-state index in [9.17, 15) is 0 Å². The van der Waals surface area contributed by atoms with Gasteiger partial charge in [0, 0.05) is 28.0 Å². The second kappa shape index (κ2) is 12.4. The standard InChI is InChI=1S/C50H37N3/c1-50(2)43-24-14-13-23-42(43)46-44(50)31-36-19-9-10-20-37(36)45(46)40-29-30-41(39-22-12-11-21-38(39)40)49-52-47(34-17-7-4-8-18-34)51-48(53-49)35-27-25-33(26-28-35)32-15-5-3-6-16-32/h3-19,21-31,37H,20H2,1-2H3. The van der Waals surface area contributed by atoms with Crippen LogP contribution in [0, 0.1) is 5.92 Å². The smallest absolute Gasteiger partial charge is 0.164 e. The Labute approximate surface area is 310 Å². The molecule has 6 aromatic carbocycles. The van der Waals surface area contributed by atoms with Crippen molar-refractivity contribution in [2.75, 3.05) is 0 Å². The first-order valence-corrected chi connectivity index (χ1v) is 18.5. The maximum atomic E-state index is 5.20. The second-order valence-electron chi connectivity index (χ2n) is 14.7. The molecule has 0 spiro atoms. The molecule has 3 aliphatic carbocycles. The summed E-state index contributed by atoms with van der Waals surface area (Å²) in [7, 11) is 0. The first kappa shape index (κ1) is 31.3. The molecule has 0 aliphatic heterocycles. The van der Waals surface area contributed by atoms with Gasteiger partial charge >= 0.3 is 0 Å². The van der Waals surface area contributed by atoms with E-state index in [4.69, 9.17) is 15.0 Å². The summed E-state index contributed by atoms with van der Waals surface area (Å²) < 4.78 is 0. The number of hydrogen-bond donors (Lipinski definition) is 0. The van der Waals surface area contributed by atoms with Gasteiger partial charge in [-0.25, -0.2) is 15.0 Å². The van der Waals surface area contributed by atoms with Gasteiger partial charge in [-0.2, -0.15) is 0 Å². The molecule has 0 N–H and O–H groups in total. The van der Waals surface area contributed by atoms with Crippen LogP contribution in [0.3, 0.4) is 0 Å². The summed E-state index contributed by atoms with van der Waals surface area (Å²) in [5, 5.41) is 2.34. The van der Waals surface area contributed by atoms with Crippen molar-refractivity contribution in [1.29, 1.82) is 0 Å². The van der Waals surface area contributed by atoms with E-state index >= 15 is 0 Å². The summed E-state index contributed by atoms with van der Waals surface area (Å²) >= 11 is 0. The van der Waals surface area contributed by atoms with Crippen molar-refractivity contribution in [3.8, 4) is 45.3 Å². The predicted octanol–water partition coefficient (Wildman–Crippen LogP) is 12.3. The van der Waals surface area contributed by atoms with Gasteiger partial charge in [0.25, 0.3) is 0 Å². The largest absolute Gasteiger partial charge is 0.208 e. The van der Waals surface area contributed by atoms with Gasteiger partial charge in [-0.1, -0.05) is 178 Å². The SMILES string of the molecule is CC1(C)C2=CC3=CC=CCC3C(c3ccc(-c4nc(-c5ccccc5)nc(-c5ccc(-c6ccccc6)cc5)n4)c4ccccc34)=C2c2ccccc21. The van der Waals surface area contributed by atoms with Gasteiger partial charge in [-0.15, -0.1) is 0 Å². The molecule has 0 bridgehead atoms. The van der Waals surface area contributed by atoms with E-state index in [0.29, 0.717) is 17.5 Å². The van der Waals surface area contributed by atoms with Gasteiger partial charge in [0.05, 0.1) is 0 Å². The zero-order chi connectivity index (χ0) is 35.5. The molecule has 53 heavy (non-hydrogen) atoms. The van der Waals surface area contributed by atoms with Gasteiger partial charge in [0.1, 0.15) is 0 Å². The Hall–Kier alpha value is -6.45. The highest BCUT2D eigenvalue weighted by atomic mass is 15.0. The van der Waals surface area contributed by atoms with E-state index in [0.717, 1.165) is 34.1 Å². The van der Waals surface area contributed by atoms with Crippen LogP contribution in [0.15, 0.2) is 181 Å². The molecule has 1 unspecified atom stereocenters. The van der Waals surface area contributed by atoms with Gasteiger partial charge in [0.2, 0.25) is 0 Å². The molecule has 1 atom stereocenters. The summed E-state index contributed by atoms with van der Waals surface area (Å²) in [6.45, 7) is 4.75. The van der Waals surface area contributed by atoms with Gasteiger partial charge < -0.3 is 0 Å². The molecule has 10 rings (SSSR count). The lowest BCUT2D eigenvalue weighted by Crippen LogP contribution is -2.20. The predicted molar refractivity (Wildman–Crippen MR) is 219 cm³/mol. The van der Waals surface area contributed by atoms with E-state index in [-0.39, 0.29) is 11.3 Å². The summed E-state index contributed by atoms with van der Waals surface area (Å²) in [6.07, 6.45) is 10.3. The number of nitrogens with zero attached hydrogens (tertiary/aromatic N) is 3. The van der Waals surface area contributed by atoms with Crippen molar-refractivity contribution >= 4 is 21.9 Å². The van der Waals surface area contributed by atoms with Crippen molar-refractivity contribution in [1.82, 2.24) is 15.0 Å². The van der Waals surface area contributed by atoms with Crippen LogP contribution in [0.4, 0.5) is 0 Å². The third-order valence-corrected chi connectivity index (χ3v) is 11.3. The topological polar surface area (TPSA) is 38.7 Å².